The lowest BCUT2D eigenvalue weighted by molar-refractivity contribution is -0.137. The average Bonchev–Trinajstić information content (AvgIpc) is 2.88. The molecule has 2 fully saturated rings. The number of aryl methyl sites for hydroxylation is 1. The fourth-order valence-corrected chi connectivity index (χ4v) is 6.24. The van der Waals surface area contributed by atoms with Gasteiger partial charge in [-0.2, -0.15) is 29.9 Å². The third-order valence-corrected chi connectivity index (χ3v) is 8.97. The summed E-state index contributed by atoms with van der Waals surface area (Å²) in [5.41, 5.74) is 2.54. The summed E-state index contributed by atoms with van der Waals surface area (Å²) in [6, 6.07) is 6.20. The van der Waals surface area contributed by atoms with Gasteiger partial charge >= 0.3 is 6.18 Å². The van der Waals surface area contributed by atoms with Crippen LogP contribution < -0.4 is 20.9 Å². The Morgan fingerprint density at radius 3 is 2.58 bits per heavy atom. The van der Waals surface area contributed by atoms with E-state index in [0.29, 0.717) is 18.5 Å². The molecule has 3 heterocycles. The van der Waals surface area contributed by atoms with Crippen molar-refractivity contribution >= 4 is 34.9 Å². The maximum atomic E-state index is 13.7. The molecule has 0 amide bonds. The van der Waals surface area contributed by atoms with Crippen molar-refractivity contribution in [3.8, 4) is 0 Å². The zero-order chi connectivity index (χ0) is 28.8. The maximum absolute atomic E-state index is 13.7. The van der Waals surface area contributed by atoms with Crippen LogP contribution in [0.25, 0.3) is 0 Å². The summed E-state index contributed by atoms with van der Waals surface area (Å²) in [6.07, 6.45) is 0.259. The van der Waals surface area contributed by atoms with E-state index >= 15 is 0 Å². The second kappa shape index (κ2) is 13.6. The molecule has 0 unspecified atom stereocenters. The van der Waals surface area contributed by atoms with Gasteiger partial charge in [-0.3, -0.25) is 4.90 Å². The molecule has 3 N–H and O–H groups in total. The van der Waals surface area contributed by atoms with Gasteiger partial charge in [-0.1, -0.05) is 20.8 Å². The number of anilines is 4. The summed E-state index contributed by atoms with van der Waals surface area (Å²) in [5, 5.41) is 9.42. The van der Waals surface area contributed by atoms with Crippen LogP contribution in [-0.2, 0) is 12.6 Å². The van der Waals surface area contributed by atoms with E-state index in [1.807, 2.05) is 17.8 Å². The lowest BCUT2D eigenvalue weighted by Gasteiger charge is -2.62. The number of alkyl halides is 3. The first-order valence-electron chi connectivity index (χ1n) is 14.4. The molecule has 0 saturated carbocycles. The number of likely N-dealkylation sites (N-methyl/N-ethyl adjacent to an activating group) is 1. The molecule has 2 saturated heterocycles. The number of hydrogen-bond acceptors (Lipinski definition) is 8. The van der Waals surface area contributed by atoms with Crippen LogP contribution in [0.15, 0.2) is 24.4 Å². The van der Waals surface area contributed by atoms with Gasteiger partial charge < -0.3 is 20.9 Å². The molecule has 0 radical (unpaired) electrons. The highest BCUT2D eigenvalue weighted by Gasteiger charge is 2.51. The highest BCUT2D eigenvalue weighted by molar-refractivity contribution is 7.99. The zero-order valence-electron chi connectivity index (χ0n) is 24.2. The smallest absolute Gasteiger partial charge is 0.369 e. The molecule has 0 aliphatic carbocycles. The van der Waals surface area contributed by atoms with Gasteiger partial charge in [-0.15, -0.1) is 0 Å². The van der Waals surface area contributed by atoms with Gasteiger partial charge in [0.2, 0.25) is 5.95 Å². The Morgan fingerprint density at radius 2 is 1.93 bits per heavy atom. The van der Waals surface area contributed by atoms with E-state index in [1.54, 1.807) is 0 Å². The molecule has 1 spiro atoms. The minimum absolute atomic E-state index is 0.147. The number of rotatable bonds is 15. The Labute approximate surface area is 241 Å². The van der Waals surface area contributed by atoms with Crippen molar-refractivity contribution in [2.24, 2.45) is 5.92 Å². The molecule has 2 aliphatic heterocycles. The molecular weight excluding hydrogens is 535 g/mol. The van der Waals surface area contributed by atoms with Crippen LogP contribution in [-0.4, -0.2) is 78.2 Å². The van der Waals surface area contributed by atoms with E-state index in [1.165, 1.54) is 18.5 Å². The molecule has 40 heavy (non-hydrogen) atoms. The minimum atomic E-state index is -4.54. The van der Waals surface area contributed by atoms with Crippen LogP contribution >= 0.6 is 11.8 Å². The first kappa shape index (κ1) is 30.7. The summed E-state index contributed by atoms with van der Waals surface area (Å²) in [4.78, 5) is 13.0. The molecule has 2 aromatic rings. The Morgan fingerprint density at radius 1 is 1.12 bits per heavy atom. The van der Waals surface area contributed by atoms with Gasteiger partial charge in [0.25, 0.3) is 0 Å². The third-order valence-electron chi connectivity index (χ3n) is 7.95. The van der Waals surface area contributed by atoms with Gasteiger partial charge in [0, 0.05) is 56.0 Å². The highest BCUT2D eigenvalue weighted by Crippen LogP contribution is 2.41. The normalized spacial score (nSPS) is 16.8. The van der Waals surface area contributed by atoms with Crippen LogP contribution in [0.2, 0.25) is 0 Å². The molecule has 11 heteroatoms. The lowest BCUT2D eigenvalue weighted by atomic mass is 9.77. The molecule has 2 aliphatic rings. The number of likely N-dealkylation sites (tertiary alicyclic amines) is 1. The van der Waals surface area contributed by atoms with Crippen LogP contribution in [0.3, 0.4) is 0 Å². The molecule has 222 valence electrons. The largest absolute Gasteiger partial charge is 0.421 e. The standard InChI is InChI=1S/C29H44F3N7S/c1-5-22-17-23(39-19-28(20-39)10-14-38(28)4)7-8-25(22)36-27-35-18-24(29(30,31)32)26(37-27)34-12-6-11-33-13-16-40-15-9-21(2)3/h7-8,17-18,21,33H,5-6,9-16,19-20H2,1-4H3,(H2,34,35,36,37). The predicted molar refractivity (Wildman–Crippen MR) is 161 cm³/mol. The maximum Gasteiger partial charge on any atom is 0.421 e. The molecular formula is C29H44F3N7S. The molecule has 0 atom stereocenters. The van der Waals surface area contributed by atoms with Crippen molar-refractivity contribution in [2.45, 2.75) is 58.2 Å². The Bertz CT molecular complexity index is 1110. The van der Waals surface area contributed by atoms with Crippen LogP contribution in [0.4, 0.5) is 36.3 Å². The monoisotopic (exact) mass is 579 g/mol. The summed E-state index contributed by atoms with van der Waals surface area (Å²) in [6.45, 7) is 11.8. The van der Waals surface area contributed by atoms with Crippen molar-refractivity contribution in [2.75, 3.05) is 73.4 Å². The van der Waals surface area contributed by atoms with E-state index in [0.717, 1.165) is 74.0 Å². The van der Waals surface area contributed by atoms with Gasteiger partial charge in [-0.05, 0) is 74.7 Å². The molecule has 1 aromatic carbocycles. The van der Waals surface area contributed by atoms with Gasteiger partial charge in [0.1, 0.15) is 11.4 Å². The molecule has 4 rings (SSSR count). The number of nitrogens with zero attached hydrogens (tertiary/aromatic N) is 4. The van der Waals surface area contributed by atoms with Crippen molar-refractivity contribution in [1.82, 2.24) is 20.2 Å². The SMILES string of the molecule is CCc1cc(N2CC3(CCN3C)C2)ccc1Nc1ncc(C(F)(F)F)c(NCCCNCCSCCC(C)C)n1. The van der Waals surface area contributed by atoms with Gasteiger partial charge in [0.05, 0.1) is 5.54 Å². The van der Waals surface area contributed by atoms with Crippen molar-refractivity contribution in [3.05, 3.63) is 35.5 Å². The first-order valence-corrected chi connectivity index (χ1v) is 15.6. The van der Waals surface area contributed by atoms with Crippen LogP contribution in [0, 0.1) is 5.92 Å². The summed E-state index contributed by atoms with van der Waals surface area (Å²) in [5.74, 6) is 2.87. The quantitative estimate of drug-likeness (QED) is 0.227. The second-order valence-electron chi connectivity index (χ2n) is 11.4. The highest BCUT2D eigenvalue weighted by atomic mass is 32.2. The van der Waals surface area contributed by atoms with Crippen LogP contribution in [0.5, 0.6) is 0 Å². The van der Waals surface area contributed by atoms with E-state index < -0.39 is 11.7 Å². The molecule has 7 nitrogen and oxygen atoms in total. The van der Waals surface area contributed by atoms with Gasteiger partial charge in [-0.25, -0.2) is 4.98 Å². The van der Waals surface area contributed by atoms with Crippen molar-refractivity contribution in [3.63, 3.8) is 0 Å². The van der Waals surface area contributed by atoms with Crippen molar-refractivity contribution < 1.29 is 13.2 Å². The minimum Gasteiger partial charge on any atom is -0.369 e. The Kier molecular flexibility index (Phi) is 10.5. The molecule has 0 bridgehead atoms. The Balaban J connectivity index is 1.31. The van der Waals surface area contributed by atoms with E-state index in [-0.39, 0.29) is 11.8 Å². The van der Waals surface area contributed by atoms with E-state index in [2.05, 4.69) is 75.7 Å². The van der Waals surface area contributed by atoms with E-state index in [4.69, 9.17) is 0 Å². The summed E-state index contributed by atoms with van der Waals surface area (Å²) < 4.78 is 41.0. The topological polar surface area (TPSA) is 68.3 Å². The average molecular weight is 580 g/mol. The number of benzene rings is 1. The number of nitrogens with one attached hydrogen (secondary N) is 3. The summed E-state index contributed by atoms with van der Waals surface area (Å²) >= 11 is 1.93. The van der Waals surface area contributed by atoms with E-state index in [9.17, 15) is 13.2 Å². The summed E-state index contributed by atoms with van der Waals surface area (Å²) in [7, 11) is 2.19. The predicted octanol–water partition coefficient (Wildman–Crippen LogP) is 5.87. The van der Waals surface area contributed by atoms with Crippen molar-refractivity contribution in [1.29, 1.82) is 0 Å². The number of thioether (sulfide) groups is 1. The number of aromatic nitrogens is 2. The fraction of sp³-hybridized carbons (Fsp3) is 0.655. The Hall–Kier alpha value is -2.24. The lowest BCUT2D eigenvalue weighted by Crippen LogP contribution is -2.75. The zero-order valence-corrected chi connectivity index (χ0v) is 25.0. The first-order chi connectivity index (χ1) is 19.1. The molecule has 1 aromatic heterocycles. The third kappa shape index (κ3) is 7.73. The number of halogens is 3. The van der Waals surface area contributed by atoms with Crippen LogP contribution in [0.1, 0.15) is 51.2 Å². The number of hydrogen-bond donors (Lipinski definition) is 3. The fourth-order valence-electron chi connectivity index (χ4n) is 5.10. The second-order valence-corrected chi connectivity index (χ2v) is 12.6. The van der Waals surface area contributed by atoms with Gasteiger partial charge in [0.15, 0.2) is 0 Å².